The van der Waals surface area contributed by atoms with Gasteiger partial charge in [0.2, 0.25) is 0 Å². The molecule has 1 heterocycles. The fourth-order valence-corrected chi connectivity index (χ4v) is 2.69. The van der Waals surface area contributed by atoms with Crippen LogP contribution in [0.15, 0.2) is 24.4 Å². The molecule has 0 aliphatic rings. The second-order valence-electron chi connectivity index (χ2n) is 5.00. The molecule has 0 aliphatic carbocycles. The lowest BCUT2D eigenvalue weighted by molar-refractivity contribution is 0.0527. The van der Waals surface area contributed by atoms with Crippen LogP contribution in [0.2, 0.25) is 0 Å². The minimum atomic E-state index is -0.342. The molecule has 0 saturated carbocycles. The molecule has 0 unspecified atom stereocenters. The zero-order chi connectivity index (χ0) is 16.8. The number of nitrogens with zero attached hydrogens (tertiary/aromatic N) is 2. The SMILES string of the molecule is CCOC(=O)c1cnc2c(OCC)cccc2c1N(CC)CC. The average molecular weight is 316 g/mol. The van der Waals surface area contributed by atoms with Crippen LogP contribution in [-0.4, -0.2) is 37.3 Å². The van der Waals surface area contributed by atoms with E-state index in [1.807, 2.05) is 25.1 Å². The quantitative estimate of drug-likeness (QED) is 0.730. The molecule has 1 aromatic heterocycles. The van der Waals surface area contributed by atoms with Crippen molar-refractivity contribution < 1.29 is 14.3 Å². The minimum absolute atomic E-state index is 0.341. The van der Waals surface area contributed by atoms with Crippen LogP contribution in [0.3, 0.4) is 0 Å². The minimum Gasteiger partial charge on any atom is -0.492 e. The van der Waals surface area contributed by atoms with Crippen LogP contribution in [0.5, 0.6) is 5.75 Å². The Bertz CT molecular complexity index is 681. The first kappa shape index (κ1) is 17.1. The monoisotopic (exact) mass is 316 g/mol. The van der Waals surface area contributed by atoms with Crippen LogP contribution in [0.4, 0.5) is 5.69 Å². The van der Waals surface area contributed by atoms with Gasteiger partial charge in [-0.15, -0.1) is 0 Å². The van der Waals surface area contributed by atoms with E-state index in [9.17, 15) is 4.79 Å². The van der Waals surface area contributed by atoms with Crippen molar-refractivity contribution in [1.29, 1.82) is 0 Å². The number of anilines is 1. The van der Waals surface area contributed by atoms with Gasteiger partial charge in [0.05, 0.1) is 18.9 Å². The van der Waals surface area contributed by atoms with Gasteiger partial charge in [0.15, 0.2) is 0 Å². The summed E-state index contributed by atoms with van der Waals surface area (Å²) in [6, 6.07) is 5.80. The number of pyridine rings is 1. The number of benzene rings is 1. The standard InChI is InChI=1S/C18H24N2O3/c1-5-20(6-2)17-13-10-9-11-15(22-7-3)16(13)19-12-14(17)18(21)23-8-4/h9-12H,5-8H2,1-4H3. The summed E-state index contributed by atoms with van der Waals surface area (Å²) in [5, 5.41) is 0.908. The largest absolute Gasteiger partial charge is 0.492 e. The molecule has 5 heteroatoms. The van der Waals surface area contributed by atoms with Crippen LogP contribution in [0, 0.1) is 0 Å². The van der Waals surface area contributed by atoms with Gasteiger partial charge in [-0.05, 0) is 33.8 Å². The lowest BCUT2D eigenvalue weighted by atomic mass is 10.1. The van der Waals surface area contributed by atoms with Crippen molar-refractivity contribution in [2.45, 2.75) is 27.7 Å². The Labute approximate surface area is 137 Å². The lowest BCUT2D eigenvalue weighted by Crippen LogP contribution is -2.25. The number of carbonyl (C=O) groups is 1. The number of hydrogen-bond acceptors (Lipinski definition) is 5. The fourth-order valence-electron chi connectivity index (χ4n) is 2.69. The molecular weight excluding hydrogens is 292 g/mol. The summed E-state index contributed by atoms with van der Waals surface area (Å²) in [6.45, 7) is 10.4. The van der Waals surface area contributed by atoms with Gasteiger partial charge in [0, 0.05) is 24.7 Å². The van der Waals surface area contributed by atoms with Gasteiger partial charge in [-0.3, -0.25) is 4.98 Å². The number of para-hydroxylation sites is 1. The van der Waals surface area contributed by atoms with E-state index in [-0.39, 0.29) is 5.97 Å². The highest BCUT2D eigenvalue weighted by atomic mass is 16.5. The highest BCUT2D eigenvalue weighted by Crippen LogP contribution is 2.34. The molecule has 2 rings (SSSR count). The van der Waals surface area contributed by atoms with Crippen molar-refractivity contribution in [2.75, 3.05) is 31.2 Å². The Hall–Kier alpha value is -2.30. The predicted molar refractivity (Wildman–Crippen MR) is 92.4 cm³/mol. The van der Waals surface area contributed by atoms with E-state index >= 15 is 0 Å². The molecular formula is C18H24N2O3. The van der Waals surface area contributed by atoms with Crippen molar-refractivity contribution in [3.05, 3.63) is 30.0 Å². The molecule has 0 saturated heterocycles. The molecule has 0 atom stereocenters. The van der Waals surface area contributed by atoms with Crippen molar-refractivity contribution in [1.82, 2.24) is 4.98 Å². The van der Waals surface area contributed by atoms with Crippen molar-refractivity contribution in [2.24, 2.45) is 0 Å². The Morgan fingerprint density at radius 2 is 1.87 bits per heavy atom. The van der Waals surface area contributed by atoms with Gasteiger partial charge < -0.3 is 14.4 Å². The van der Waals surface area contributed by atoms with Crippen molar-refractivity contribution >= 4 is 22.6 Å². The summed E-state index contributed by atoms with van der Waals surface area (Å²) in [5.41, 5.74) is 2.13. The summed E-state index contributed by atoms with van der Waals surface area (Å²) in [6.07, 6.45) is 1.59. The lowest BCUT2D eigenvalue weighted by Gasteiger charge is -2.25. The number of hydrogen-bond donors (Lipinski definition) is 0. The van der Waals surface area contributed by atoms with Crippen molar-refractivity contribution in [3.63, 3.8) is 0 Å². The maximum absolute atomic E-state index is 12.3. The molecule has 0 radical (unpaired) electrons. The Morgan fingerprint density at radius 3 is 2.48 bits per heavy atom. The number of fused-ring (bicyclic) bond motifs is 1. The second-order valence-corrected chi connectivity index (χ2v) is 5.00. The molecule has 2 aromatic rings. The first-order valence-electron chi connectivity index (χ1n) is 8.14. The molecule has 0 N–H and O–H groups in total. The van der Waals surface area contributed by atoms with E-state index in [4.69, 9.17) is 9.47 Å². The highest BCUT2D eigenvalue weighted by Gasteiger charge is 2.21. The summed E-state index contributed by atoms with van der Waals surface area (Å²) in [5.74, 6) is 0.388. The van der Waals surface area contributed by atoms with Crippen LogP contribution < -0.4 is 9.64 Å². The maximum atomic E-state index is 12.3. The number of ether oxygens (including phenoxy) is 2. The van der Waals surface area contributed by atoms with E-state index in [0.29, 0.717) is 18.8 Å². The number of rotatable bonds is 7. The zero-order valence-electron chi connectivity index (χ0n) is 14.3. The van der Waals surface area contributed by atoms with Crippen molar-refractivity contribution in [3.8, 4) is 5.75 Å². The number of carbonyl (C=O) groups excluding carboxylic acids is 1. The normalized spacial score (nSPS) is 10.6. The maximum Gasteiger partial charge on any atom is 0.341 e. The van der Waals surface area contributed by atoms with Gasteiger partial charge in [0.25, 0.3) is 0 Å². The smallest absolute Gasteiger partial charge is 0.341 e. The third-order valence-corrected chi connectivity index (χ3v) is 3.71. The Balaban J connectivity index is 2.72. The molecule has 0 bridgehead atoms. The molecule has 5 nitrogen and oxygen atoms in total. The summed E-state index contributed by atoms with van der Waals surface area (Å²) < 4.78 is 10.9. The van der Waals surface area contributed by atoms with E-state index in [2.05, 4.69) is 23.7 Å². The second kappa shape index (κ2) is 7.81. The van der Waals surface area contributed by atoms with E-state index in [1.165, 1.54) is 0 Å². The molecule has 0 spiro atoms. The van der Waals surface area contributed by atoms with E-state index in [1.54, 1.807) is 13.1 Å². The number of aromatic nitrogens is 1. The van der Waals surface area contributed by atoms with Crippen LogP contribution in [0.1, 0.15) is 38.1 Å². The molecule has 0 amide bonds. The topological polar surface area (TPSA) is 51.7 Å². The summed E-state index contributed by atoms with van der Waals surface area (Å²) in [7, 11) is 0. The number of esters is 1. The fraction of sp³-hybridized carbons (Fsp3) is 0.444. The molecule has 0 fully saturated rings. The first-order valence-corrected chi connectivity index (χ1v) is 8.14. The Kier molecular flexibility index (Phi) is 5.79. The van der Waals surface area contributed by atoms with Gasteiger partial charge >= 0.3 is 5.97 Å². The molecule has 23 heavy (non-hydrogen) atoms. The van der Waals surface area contributed by atoms with Gasteiger partial charge in [-0.1, -0.05) is 12.1 Å². The van der Waals surface area contributed by atoms with Crippen LogP contribution in [-0.2, 0) is 4.74 Å². The zero-order valence-corrected chi connectivity index (χ0v) is 14.3. The third kappa shape index (κ3) is 3.38. The highest BCUT2D eigenvalue weighted by molar-refractivity contribution is 6.06. The van der Waals surface area contributed by atoms with Crippen LogP contribution >= 0.6 is 0 Å². The van der Waals surface area contributed by atoms with Gasteiger partial charge in [-0.2, -0.15) is 0 Å². The van der Waals surface area contributed by atoms with Gasteiger partial charge in [-0.25, -0.2) is 4.79 Å². The molecule has 1 aromatic carbocycles. The van der Waals surface area contributed by atoms with E-state index in [0.717, 1.165) is 35.4 Å². The third-order valence-electron chi connectivity index (χ3n) is 3.71. The van der Waals surface area contributed by atoms with E-state index < -0.39 is 0 Å². The van der Waals surface area contributed by atoms with Crippen LogP contribution in [0.25, 0.3) is 10.9 Å². The summed E-state index contributed by atoms with van der Waals surface area (Å²) in [4.78, 5) is 18.9. The predicted octanol–water partition coefficient (Wildman–Crippen LogP) is 3.66. The molecule has 124 valence electrons. The Morgan fingerprint density at radius 1 is 1.13 bits per heavy atom. The summed E-state index contributed by atoms with van der Waals surface area (Å²) >= 11 is 0. The first-order chi connectivity index (χ1) is 11.2. The average Bonchev–Trinajstić information content (AvgIpc) is 2.56. The van der Waals surface area contributed by atoms with Gasteiger partial charge in [0.1, 0.15) is 16.8 Å². The molecule has 0 aliphatic heterocycles.